The fourth-order valence-electron chi connectivity index (χ4n) is 3.40. The topological polar surface area (TPSA) is 74.3 Å². The van der Waals surface area contributed by atoms with Crippen LogP contribution in [0.3, 0.4) is 0 Å². The number of piperidine rings is 1. The lowest BCUT2D eigenvalue weighted by Crippen LogP contribution is -2.38. The fraction of sp³-hybridized carbons (Fsp3) is 0.333. The van der Waals surface area contributed by atoms with E-state index in [2.05, 4.69) is 19.9 Å². The number of hydrogen-bond acceptors (Lipinski definition) is 5. The number of benzene rings is 1. The number of anilines is 1. The third-order valence-electron chi connectivity index (χ3n) is 4.56. The minimum atomic E-state index is -0.365. The van der Waals surface area contributed by atoms with Gasteiger partial charge in [-0.3, -0.25) is 0 Å². The van der Waals surface area contributed by atoms with Crippen LogP contribution in [0.4, 0.5) is 10.2 Å². The predicted molar refractivity (Wildman–Crippen MR) is 93.3 cm³/mol. The van der Waals surface area contributed by atoms with E-state index in [0.29, 0.717) is 23.5 Å². The third-order valence-corrected chi connectivity index (χ3v) is 4.56. The van der Waals surface area contributed by atoms with Crippen molar-refractivity contribution in [3.63, 3.8) is 0 Å². The molecule has 2 N–H and O–H groups in total. The van der Waals surface area contributed by atoms with Crippen LogP contribution < -0.4 is 9.64 Å². The zero-order chi connectivity index (χ0) is 17.4. The van der Waals surface area contributed by atoms with Crippen LogP contribution in [0.1, 0.15) is 12.8 Å². The minimum Gasteiger partial charge on any atom is -0.497 e. The summed E-state index contributed by atoms with van der Waals surface area (Å²) in [4.78, 5) is 13.9. The molecule has 4 rings (SSSR count). The van der Waals surface area contributed by atoms with E-state index in [-0.39, 0.29) is 11.9 Å². The van der Waals surface area contributed by atoms with Gasteiger partial charge in [-0.1, -0.05) is 0 Å². The Hall–Kier alpha value is -2.67. The molecule has 0 saturated carbocycles. The molecule has 1 fully saturated rings. The lowest BCUT2D eigenvalue weighted by molar-refractivity contribution is 0.154. The molecule has 130 valence electrons. The smallest absolute Gasteiger partial charge is 0.143 e. The van der Waals surface area contributed by atoms with Crippen LogP contribution in [0.2, 0.25) is 0 Å². The molecular formula is C18H19FN4O2. The van der Waals surface area contributed by atoms with E-state index in [1.165, 1.54) is 25.6 Å². The van der Waals surface area contributed by atoms with Gasteiger partial charge in [0.2, 0.25) is 0 Å². The highest BCUT2D eigenvalue weighted by Gasteiger charge is 2.23. The molecule has 0 bridgehead atoms. The number of fused-ring (bicyclic) bond motifs is 1. The van der Waals surface area contributed by atoms with Crippen molar-refractivity contribution in [1.29, 1.82) is 0 Å². The number of hydrogen-bond donors (Lipinski definition) is 2. The molecule has 7 heteroatoms. The Morgan fingerprint density at radius 3 is 3.00 bits per heavy atom. The van der Waals surface area contributed by atoms with Gasteiger partial charge in [0.05, 0.1) is 18.6 Å². The van der Waals surface area contributed by atoms with Gasteiger partial charge in [-0.25, -0.2) is 14.4 Å². The highest BCUT2D eigenvalue weighted by Crippen LogP contribution is 2.36. The second-order valence-corrected chi connectivity index (χ2v) is 6.25. The van der Waals surface area contributed by atoms with E-state index >= 15 is 0 Å². The van der Waals surface area contributed by atoms with Crippen molar-refractivity contribution in [1.82, 2.24) is 15.0 Å². The summed E-state index contributed by atoms with van der Waals surface area (Å²) >= 11 is 0. The van der Waals surface area contributed by atoms with E-state index < -0.39 is 0 Å². The largest absolute Gasteiger partial charge is 0.497 e. The van der Waals surface area contributed by atoms with E-state index in [1.54, 1.807) is 12.3 Å². The van der Waals surface area contributed by atoms with Gasteiger partial charge in [0, 0.05) is 30.9 Å². The van der Waals surface area contributed by atoms with Crippen molar-refractivity contribution >= 4 is 16.9 Å². The number of aliphatic hydroxyl groups excluding tert-OH is 1. The number of aromatic nitrogens is 3. The summed E-state index contributed by atoms with van der Waals surface area (Å²) in [6.45, 7) is 1.35. The molecule has 3 aromatic rings. The first-order valence-corrected chi connectivity index (χ1v) is 8.26. The maximum absolute atomic E-state index is 13.9. The van der Waals surface area contributed by atoms with E-state index in [0.717, 1.165) is 36.2 Å². The number of halogens is 1. The molecule has 1 atom stereocenters. The van der Waals surface area contributed by atoms with Crippen LogP contribution in [0.5, 0.6) is 5.75 Å². The number of ether oxygens (including phenoxy) is 1. The van der Waals surface area contributed by atoms with Crippen LogP contribution in [0, 0.1) is 5.82 Å². The summed E-state index contributed by atoms with van der Waals surface area (Å²) in [5.41, 5.74) is 2.18. The molecule has 3 heterocycles. The summed E-state index contributed by atoms with van der Waals surface area (Å²) in [7, 11) is 1.51. The monoisotopic (exact) mass is 342 g/mol. The maximum atomic E-state index is 13.9. The molecule has 1 aromatic carbocycles. The van der Waals surface area contributed by atoms with Gasteiger partial charge in [-0.05, 0) is 30.5 Å². The fourth-order valence-corrected chi connectivity index (χ4v) is 3.40. The number of aromatic amines is 1. The van der Waals surface area contributed by atoms with Crippen LogP contribution in [-0.2, 0) is 0 Å². The number of nitrogens with one attached hydrogen (secondary N) is 1. The average Bonchev–Trinajstić information content (AvgIpc) is 3.05. The Balaban J connectivity index is 1.87. The molecular weight excluding hydrogens is 323 g/mol. The number of methoxy groups -OCH3 is 1. The molecule has 1 unspecified atom stereocenters. The molecule has 2 aromatic heterocycles. The highest BCUT2D eigenvalue weighted by molar-refractivity contribution is 6.01. The predicted octanol–water partition coefficient (Wildman–Crippen LogP) is 2.73. The molecule has 1 aliphatic rings. The Morgan fingerprint density at radius 1 is 1.32 bits per heavy atom. The van der Waals surface area contributed by atoms with Gasteiger partial charge >= 0.3 is 0 Å². The van der Waals surface area contributed by atoms with E-state index in [1.807, 2.05) is 0 Å². The second-order valence-electron chi connectivity index (χ2n) is 6.25. The summed E-state index contributed by atoms with van der Waals surface area (Å²) in [6, 6.07) is 4.59. The first-order chi connectivity index (χ1) is 12.2. The van der Waals surface area contributed by atoms with Crippen molar-refractivity contribution < 1.29 is 14.2 Å². The van der Waals surface area contributed by atoms with Gasteiger partial charge < -0.3 is 19.7 Å². The molecule has 25 heavy (non-hydrogen) atoms. The molecule has 0 radical (unpaired) electrons. The van der Waals surface area contributed by atoms with Crippen molar-refractivity contribution in [2.75, 3.05) is 25.1 Å². The number of β-amino-alcohol motifs (C(OH)–C–C–N with tert-alkyl or cyclic N) is 1. The van der Waals surface area contributed by atoms with Gasteiger partial charge in [0.1, 0.15) is 29.4 Å². The molecule has 1 aliphatic heterocycles. The second kappa shape index (κ2) is 6.33. The van der Waals surface area contributed by atoms with Crippen LogP contribution in [-0.4, -0.2) is 46.4 Å². The minimum absolute atomic E-state index is 0.365. The number of aliphatic hydroxyl groups is 1. The van der Waals surface area contributed by atoms with Gasteiger partial charge in [-0.15, -0.1) is 0 Å². The third kappa shape index (κ3) is 2.91. The Kier molecular flexibility index (Phi) is 4.01. The Labute approximate surface area is 144 Å². The zero-order valence-corrected chi connectivity index (χ0v) is 13.9. The molecule has 6 nitrogen and oxygen atoms in total. The first-order valence-electron chi connectivity index (χ1n) is 8.26. The van der Waals surface area contributed by atoms with E-state index in [9.17, 15) is 9.50 Å². The standard InChI is InChI=1S/C18H19FN4O2/c1-25-14-6-11(5-12(19)7-14)15-8-20-17-16(15)18(22-10-21-17)23-4-2-3-13(24)9-23/h5-8,10,13,24H,2-4,9H2,1H3,(H,20,21,22). The highest BCUT2D eigenvalue weighted by atomic mass is 19.1. The quantitative estimate of drug-likeness (QED) is 0.766. The molecule has 1 saturated heterocycles. The Bertz CT molecular complexity index is 911. The van der Waals surface area contributed by atoms with E-state index in [4.69, 9.17) is 4.74 Å². The number of H-pyrrole nitrogens is 1. The van der Waals surface area contributed by atoms with Crippen molar-refractivity contribution in [3.8, 4) is 16.9 Å². The number of rotatable bonds is 3. The summed E-state index contributed by atoms with van der Waals surface area (Å²) in [5, 5.41) is 10.8. The number of nitrogens with zero attached hydrogens (tertiary/aromatic N) is 3. The lowest BCUT2D eigenvalue weighted by Gasteiger charge is -2.31. The van der Waals surface area contributed by atoms with Crippen LogP contribution >= 0.6 is 0 Å². The molecule has 0 spiro atoms. The zero-order valence-electron chi connectivity index (χ0n) is 13.9. The van der Waals surface area contributed by atoms with Crippen LogP contribution in [0.15, 0.2) is 30.7 Å². The maximum Gasteiger partial charge on any atom is 0.143 e. The lowest BCUT2D eigenvalue weighted by atomic mass is 10.0. The summed E-state index contributed by atoms with van der Waals surface area (Å²) in [5.74, 6) is 0.842. The first kappa shape index (κ1) is 15.8. The molecule has 0 amide bonds. The van der Waals surface area contributed by atoms with Gasteiger partial charge in [-0.2, -0.15) is 0 Å². The van der Waals surface area contributed by atoms with Gasteiger partial charge in [0.15, 0.2) is 0 Å². The van der Waals surface area contributed by atoms with Crippen molar-refractivity contribution in [2.24, 2.45) is 0 Å². The van der Waals surface area contributed by atoms with Crippen molar-refractivity contribution in [2.45, 2.75) is 18.9 Å². The van der Waals surface area contributed by atoms with Crippen LogP contribution in [0.25, 0.3) is 22.2 Å². The average molecular weight is 342 g/mol. The Morgan fingerprint density at radius 2 is 2.20 bits per heavy atom. The normalized spacial score (nSPS) is 17.9. The summed E-state index contributed by atoms with van der Waals surface area (Å²) in [6.07, 6.45) is 4.64. The van der Waals surface area contributed by atoms with Gasteiger partial charge in [0.25, 0.3) is 0 Å². The SMILES string of the molecule is COc1cc(F)cc(-c2c[nH]c3ncnc(N4CCCC(O)C4)c23)c1. The molecule has 0 aliphatic carbocycles. The summed E-state index contributed by atoms with van der Waals surface area (Å²) < 4.78 is 19.1. The van der Waals surface area contributed by atoms with Crippen molar-refractivity contribution in [3.05, 3.63) is 36.5 Å².